The molecule has 2 rings (SSSR count). The molecule has 0 spiro atoms. The zero-order valence-electron chi connectivity index (χ0n) is 11.1. The van der Waals surface area contributed by atoms with Crippen molar-refractivity contribution >= 4 is 22.7 Å². The Labute approximate surface area is 113 Å². The van der Waals surface area contributed by atoms with E-state index in [0.717, 1.165) is 24.6 Å². The summed E-state index contributed by atoms with van der Waals surface area (Å²) in [5.41, 5.74) is 8.07. The van der Waals surface area contributed by atoms with Crippen molar-refractivity contribution in [2.75, 3.05) is 12.3 Å². The number of hydrogen-bond acceptors (Lipinski definition) is 3. The maximum absolute atomic E-state index is 5.63. The Morgan fingerprint density at radius 3 is 2.89 bits per heavy atom. The molecule has 98 valence electrons. The Kier molecular flexibility index (Phi) is 4.66. The van der Waals surface area contributed by atoms with Gasteiger partial charge in [0.25, 0.3) is 0 Å². The fourth-order valence-corrected chi connectivity index (χ4v) is 3.03. The number of rotatable bonds is 6. The van der Waals surface area contributed by atoms with E-state index in [1.807, 2.05) is 11.8 Å². The second kappa shape index (κ2) is 6.25. The minimum atomic E-state index is 0.578. The largest absolute Gasteiger partial charge is 0.330 e. The third-order valence-corrected chi connectivity index (χ3v) is 4.36. The van der Waals surface area contributed by atoms with Crippen LogP contribution in [0.3, 0.4) is 0 Å². The zero-order valence-corrected chi connectivity index (χ0v) is 11.9. The third kappa shape index (κ3) is 2.87. The van der Waals surface area contributed by atoms with E-state index >= 15 is 0 Å². The number of thioether (sulfide) groups is 1. The Morgan fingerprint density at radius 2 is 2.17 bits per heavy atom. The molecule has 1 unspecified atom stereocenters. The van der Waals surface area contributed by atoms with Gasteiger partial charge < -0.3 is 5.73 Å². The Hall–Kier alpha value is -1.00. The first-order valence-electron chi connectivity index (χ1n) is 6.48. The highest BCUT2D eigenvalue weighted by Crippen LogP contribution is 2.23. The monoisotopic (exact) mass is 263 g/mol. The molecule has 1 aromatic heterocycles. The summed E-state index contributed by atoms with van der Waals surface area (Å²) in [6.07, 6.45) is 0. The lowest BCUT2D eigenvalue weighted by Gasteiger charge is -2.06. The van der Waals surface area contributed by atoms with E-state index in [4.69, 9.17) is 10.8 Å². The normalized spacial score (nSPS) is 13.1. The van der Waals surface area contributed by atoms with Gasteiger partial charge in [-0.15, -0.1) is 0 Å². The molecule has 3 nitrogen and oxygen atoms in total. The van der Waals surface area contributed by atoms with E-state index in [-0.39, 0.29) is 0 Å². The van der Waals surface area contributed by atoms with Crippen LogP contribution in [-0.2, 0) is 12.3 Å². The van der Waals surface area contributed by atoms with Gasteiger partial charge in [0.2, 0.25) is 0 Å². The summed E-state index contributed by atoms with van der Waals surface area (Å²) < 4.78 is 2.08. The van der Waals surface area contributed by atoms with Crippen LogP contribution in [0.4, 0.5) is 0 Å². The van der Waals surface area contributed by atoms with Gasteiger partial charge in [-0.25, -0.2) is 0 Å². The molecule has 0 aliphatic heterocycles. The summed E-state index contributed by atoms with van der Waals surface area (Å²) in [6, 6.07) is 8.46. The second-order valence-electron chi connectivity index (χ2n) is 4.64. The topological polar surface area (TPSA) is 43.8 Å². The average molecular weight is 263 g/mol. The highest BCUT2D eigenvalue weighted by atomic mass is 32.2. The Morgan fingerprint density at radius 1 is 1.39 bits per heavy atom. The minimum absolute atomic E-state index is 0.578. The van der Waals surface area contributed by atoms with Crippen LogP contribution in [0.2, 0.25) is 0 Å². The van der Waals surface area contributed by atoms with Gasteiger partial charge in [-0.2, -0.15) is 16.9 Å². The number of para-hydroxylation sites is 1. The van der Waals surface area contributed by atoms with Gasteiger partial charge in [0, 0.05) is 17.7 Å². The summed E-state index contributed by atoms with van der Waals surface area (Å²) in [5, 5.41) is 5.98. The molecule has 1 heterocycles. The van der Waals surface area contributed by atoms with E-state index in [9.17, 15) is 0 Å². The molecular weight excluding hydrogens is 242 g/mol. The standard InChI is InChI=1S/C14H21N3S/c1-3-17-14-7-5-4-6-12(14)13(16-17)10-18-9-11(2)8-15/h4-7,11H,3,8-10,15H2,1-2H3. The maximum atomic E-state index is 5.63. The molecule has 0 saturated carbocycles. The molecule has 18 heavy (non-hydrogen) atoms. The maximum Gasteiger partial charge on any atom is 0.0802 e. The number of hydrogen-bond donors (Lipinski definition) is 1. The van der Waals surface area contributed by atoms with E-state index in [1.165, 1.54) is 16.6 Å². The van der Waals surface area contributed by atoms with Crippen molar-refractivity contribution in [2.45, 2.75) is 26.1 Å². The van der Waals surface area contributed by atoms with Crippen LogP contribution in [0.1, 0.15) is 19.5 Å². The summed E-state index contributed by atoms with van der Waals surface area (Å²) in [5.74, 6) is 2.65. The molecule has 0 bridgehead atoms. The molecule has 4 heteroatoms. The highest BCUT2D eigenvalue weighted by molar-refractivity contribution is 7.98. The van der Waals surface area contributed by atoms with Crippen molar-refractivity contribution in [3.8, 4) is 0 Å². The van der Waals surface area contributed by atoms with Crippen molar-refractivity contribution in [3.63, 3.8) is 0 Å². The van der Waals surface area contributed by atoms with Crippen molar-refractivity contribution in [1.29, 1.82) is 0 Å². The second-order valence-corrected chi connectivity index (χ2v) is 5.67. The van der Waals surface area contributed by atoms with Gasteiger partial charge in [-0.1, -0.05) is 25.1 Å². The minimum Gasteiger partial charge on any atom is -0.330 e. The highest BCUT2D eigenvalue weighted by Gasteiger charge is 2.09. The summed E-state index contributed by atoms with van der Waals surface area (Å²) in [4.78, 5) is 0. The van der Waals surface area contributed by atoms with Crippen LogP contribution in [0.15, 0.2) is 24.3 Å². The Balaban J connectivity index is 2.13. The predicted molar refractivity (Wildman–Crippen MR) is 79.8 cm³/mol. The molecule has 1 aromatic carbocycles. The number of aryl methyl sites for hydroxylation is 1. The number of nitrogens with zero attached hydrogens (tertiary/aromatic N) is 2. The number of aromatic nitrogens is 2. The van der Waals surface area contributed by atoms with Gasteiger partial charge in [0.05, 0.1) is 11.2 Å². The fourth-order valence-electron chi connectivity index (χ4n) is 1.97. The lowest BCUT2D eigenvalue weighted by atomic mass is 10.2. The quantitative estimate of drug-likeness (QED) is 0.871. The van der Waals surface area contributed by atoms with Gasteiger partial charge in [0.15, 0.2) is 0 Å². The van der Waals surface area contributed by atoms with Gasteiger partial charge in [-0.3, -0.25) is 4.68 Å². The van der Waals surface area contributed by atoms with Crippen LogP contribution in [0, 0.1) is 5.92 Å². The Bertz CT molecular complexity index is 507. The van der Waals surface area contributed by atoms with E-state index < -0.39 is 0 Å². The molecule has 0 aliphatic rings. The van der Waals surface area contributed by atoms with E-state index in [1.54, 1.807) is 0 Å². The average Bonchev–Trinajstić information content (AvgIpc) is 2.77. The van der Waals surface area contributed by atoms with Gasteiger partial charge in [0.1, 0.15) is 0 Å². The molecule has 1 atom stereocenters. The lowest BCUT2D eigenvalue weighted by Crippen LogP contribution is -2.12. The summed E-state index contributed by atoms with van der Waals surface area (Å²) in [7, 11) is 0. The molecular formula is C14H21N3S. The zero-order chi connectivity index (χ0) is 13.0. The smallest absolute Gasteiger partial charge is 0.0802 e. The van der Waals surface area contributed by atoms with Crippen molar-refractivity contribution in [3.05, 3.63) is 30.0 Å². The molecule has 2 aromatic rings. The van der Waals surface area contributed by atoms with Crippen molar-refractivity contribution in [1.82, 2.24) is 9.78 Å². The first kappa shape index (κ1) is 13.4. The third-order valence-electron chi connectivity index (χ3n) is 3.08. The summed E-state index contributed by atoms with van der Waals surface area (Å²) in [6.45, 7) is 6.00. The lowest BCUT2D eigenvalue weighted by molar-refractivity contribution is 0.670. The SMILES string of the molecule is CCn1nc(CSCC(C)CN)c2ccccc21. The molecule has 0 fully saturated rings. The van der Waals surface area contributed by atoms with Gasteiger partial charge >= 0.3 is 0 Å². The van der Waals surface area contributed by atoms with Crippen molar-refractivity contribution < 1.29 is 0 Å². The van der Waals surface area contributed by atoms with Crippen molar-refractivity contribution in [2.24, 2.45) is 11.7 Å². The van der Waals surface area contributed by atoms with Crippen LogP contribution in [-0.4, -0.2) is 22.1 Å². The van der Waals surface area contributed by atoms with Crippen LogP contribution in [0.25, 0.3) is 10.9 Å². The number of fused-ring (bicyclic) bond motifs is 1. The molecule has 0 amide bonds. The van der Waals surface area contributed by atoms with Crippen LogP contribution < -0.4 is 5.73 Å². The predicted octanol–water partition coefficient (Wildman–Crippen LogP) is 2.88. The fraction of sp³-hybridized carbons (Fsp3) is 0.500. The van der Waals surface area contributed by atoms with Gasteiger partial charge in [-0.05, 0) is 31.2 Å². The first-order valence-corrected chi connectivity index (χ1v) is 7.64. The first-order chi connectivity index (χ1) is 8.76. The van der Waals surface area contributed by atoms with Crippen LogP contribution >= 0.6 is 11.8 Å². The molecule has 0 saturated heterocycles. The van der Waals surface area contributed by atoms with Crippen LogP contribution in [0.5, 0.6) is 0 Å². The molecule has 2 N–H and O–H groups in total. The number of benzene rings is 1. The number of nitrogens with two attached hydrogens (primary N) is 1. The van der Waals surface area contributed by atoms with E-state index in [0.29, 0.717) is 5.92 Å². The van der Waals surface area contributed by atoms with E-state index in [2.05, 4.69) is 42.8 Å². The molecule has 0 radical (unpaired) electrons. The molecule has 0 aliphatic carbocycles. The summed E-state index contributed by atoms with van der Waals surface area (Å²) >= 11 is 1.92.